The first kappa shape index (κ1) is 13.5. The number of hydrogen-bond donors (Lipinski definition) is 1. The molecular weight excluding hydrogens is 258 g/mol. The Hall–Kier alpha value is -1.47. The lowest BCUT2D eigenvalue weighted by atomic mass is 10.2. The highest BCUT2D eigenvalue weighted by Gasteiger charge is 2.51. The highest BCUT2D eigenvalue weighted by atomic mass is 16.5. The van der Waals surface area contributed by atoms with Crippen molar-refractivity contribution < 1.29 is 9.53 Å². The van der Waals surface area contributed by atoms with E-state index in [2.05, 4.69) is 29.1 Å². The van der Waals surface area contributed by atoms with Crippen molar-refractivity contribution in [2.45, 2.75) is 51.0 Å². The van der Waals surface area contributed by atoms with Gasteiger partial charge in [-0.05, 0) is 26.7 Å². The molecule has 2 fully saturated rings. The molecule has 0 spiro atoms. The standard InChI is InChI=1S/C13H21N5O2/c1-9-5-17(6-10(2)20-9)7-11-8-18(16-15-11)13(3-4-13)12(14)19/h8-10H,3-7H2,1-2H3,(H2,14,19)/t9-,10+. The van der Waals surface area contributed by atoms with Gasteiger partial charge in [-0.1, -0.05) is 5.21 Å². The SMILES string of the molecule is C[C@@H]1CN(Cc2cn(C3(C(N)=O)CC3)nn2)C[C@H](C)O1. The van der Waals surface area contributed by atoms with E-state index < -0.39 is 5.54 Å². The molecule has 0 unspecified atom stereocenters. The van der Waals surface area contributed by atoms with Gasteiger partial charge in [-0.2, -0.15) is 0 Å². The van der Waals surface area contributed by atoms with Gasteiger partial charge in [0, 0.05) is 19.6 Å². The molecule has 1 amide bonds. The van der Waals surface area contributed by atoms with Crippen LogP contribution in [0.15, 0.2) is 6.20 Å². The molecule has 20 heavy (non-hydrogen) atoms. The Morgan fingerprint density at radius 3 is 2.65 bits per heavy atom. The predicted octanol–water partition coefficient (Wildman–Crippen LogP) is -0.138. The van der Waals surface area contributed by atoms with E-state index in [1.807, 2.05) is 6.20 Å². The highest BCUT2D eigenvalue weighted by molar-refractivity contribution is 5.85. The number of morpholine rings is 1. The van der Waals surface area contributed by atoms with Crippen LogP contribution in [-0.4, -0.2) is 51.1 Å². The molecule has 2 N–H and O–H groups in total. The maximum atomic E-state index is 11.5. The summed E-state index contributed by atoms with van der Waals surface area (Å²) in [6, 6.07) is 0. The fourth-order valence-corrected chi connectivity index (χ4v) is 2.93. The minimum atomic E-state index is -0.614. The van der Waals surface area contributed by atoms with Gasteiger partial charge in [0.05, 0.1) is 24.1 Å². The smallest absolute Gasteiger partial charge is 0.245 e. The normalized spacial score (nSPS) is 29.3. The number of aromatic nitrogens is 3. The summed E-state index contributed by atoms with van der Waals surface area (Å²) in [7, 11) is 0. The van der Waals surface area contributed by atoms with Crippen LogP contribution in [-0.2, 0) is 21.6 Å². The van der Waals surface area contributed by atoms with E-state index in [4.69, 9.17) is 10.5 Å². The van der Waals surface area contributed by atoms with E-state index in [9.17, 15) is 4.79 Å². The number of carbonyl (C=O) groups excluding carboxylic acids is 1. The zero-order valence-electron chi connectivity index (χ0n) is 12.0. The Balaban J connectivity index is 1.67. The maximum absolute atomic E-state index is 11.5. The fourth-order valence-electron chi connectivity index (χ4n) is 2.93. The van der Waals surface area contributed by atoms with Crippen molar-refractivity contribution in [1.29, 1.82) is 0 Å². The number of ether oxygens (including phenoxy) is 1. The molecule has 7 nitrogen and oxygen atoms in total. The lowest BCUT2D eigenvalue weighted by molar-refractivity contribution is -0.122. The van der Waals surface area contributed by atoms with Crippen molar-refractivity contribution in [3.63, 3.8) is 0 Å². The molecule has 1 saturated heterocycles. The summed E-state index contributed by atoms with van der Waals surface area (Å²) in [5, 5.41) is 8.25. The molecule has 1 saturated carbocycles. The minimum Gasteiger partial charge on any atom is -0.373 e. The second-order valence-electron chi connectivity index (χ2n) is 6.00. The number of carbonyl (C=O) groups is 1. The molecule has 0 radical (unpaired) electrons. The van der Waals surface area contributed by atoms with Crippen LogP contribution in [0.4, 0.5) is 0 Å². The van der Waals surface area contributed by atoms with Crippen molar-refractivity contribution in [3.05, 3.63) is 11.9 Å². The van der Waals surface area contributed by atoms with Crippen molar-refractivity contribution in [3.8, 4) is 0 Å². The maximum Gasteiger partial charge on any atom is 0.245 e. The lowest BCUT2D eigenvalue weighted by Crippen LogP contribution is -2.44. The lowest BCUT2D eigenvalue weighted by Gasteiger charge is -2.34. The Labute approximate surface area is 118 Å². The van der Waals surface area contributed by atoms with E-state index in [1.165, 1.54) is 0 Å². The van der Waals surface area contributed by atoms with E-state index >= 15 is 0 Å². The molecule has 2 atom stereocenters. The second-order valence-corrected chi connectivity index (χ2v) is 6.00. The van der Waals surface area contributed by atoms with Gasteiger partial charge in [0.15, 0.2) is 0 Å². The molecule has 0 aromatic carbocycles. The van der Waals surface area contributed by atoms with E-state index in [-0.39, 0.29) is 18.1 Å². The van der Waals surface area contributed by atoms with Gasteiger partial charge < -0.3 is 10.5 Å². The molecular formula is C13H21N5O2. The molecule has 110 valence electrons. The number of amides is 1. The third-order valence-electron chi connectivity index (χ3n) is 4.04. The Morgan fingerprint density at radius 2 is 2.10 bits per heavy atom. The molecule has 0 bridgehead atoms. The third-order valence-corrected chi connectivity index (χ3v) is 4.04. The Bertz CT molecular complexity index is 501. The van der Waals surface area contributed by atoms with Crippen LogP contribution in [0, 0.1) is 0 Å². The third kappa shape index (κ3) is 2.43. The molecule has 1 aliphatic carbocycles. The topological polar surface area (TPSA) is 86.3 Å². The van der Waals surface area contributed by atoms with Crippen LogP contribution < -0.4 is 5.73 Å². The average molecular weight is 279 g/mol. The largest absolute Gasteiger partial charge is 0.373 e. The van der Waals surface area contributed by atoms with Gasteiger partial charge in [0.25, 0.3) is 0 Å². The monoisotopic (exact) mass is 279 g/mol. The van der Waals surface area contributed by atoms with Gasteiger partial charge in [-0.3, -0.25) is 9.69 Å². The van der Waals surface area contributed by atoms with Crippen LogP contribution in [0.2, 0.25) is 0 Å². The van der Waals surface area contributed by atoms with Crippen molar-refractivity contribution in [2.24, 2.45) is 5.73 Å². The first-order valence-corrected chi connectivity index (χ1v) is 7.09. The van der Waals surface area contributed by atoms with Crippen molar-refractivity contribution in [1.82, 2.24) is 19.9 Å². The van der Waals surface area contributed by atoms with Crippen LogP contribution in [0.25, 0.3) is 0 Å². The van der Waals surface area contributed by atoms with Gasteiger partial charge in [-0.25, -0.2) is 4.68 Å². The highest BCUT2D eigenvalue weighted by Crippen LogP contribution is 2.42. The number of rotatable bonds is 4. The molecule has 2 heterocycles. The summed E-state index contributed by atoms with van der Waals surface area (Å²) >= 11 is 0. The number of hydrogen-bond acceptors (Lipinski definition) is 5. The minimum absolute atomic E-state index is 0.231. The summed E-state index contributed by atoms with van der Waals surface area (Å²) < 4.78 is 7.35. The number of nitrogens with zero attached hydrogens (tertiary/aromatic N) is 4. The van der Waals surface area contributed by atoms with Crippen molar-refractivity contribution >= 4 is 5.91 Å². The average Bonchev–Trinajstić information content (AvgIpc) is 3.04. The first-order chi connectivity index (χ1) is 9.49. The molecule has 1 aromatic heterocycles. The summed E-state index contributed by atoms with van der Waals surface area (Å²) in [4.78, 5) is 13.8. The van der Waals surface area contributed by atoms with E-state index in [0.717, 1.165) is 38.2 Å². The molecule has 7 heteroatoms. The summed E-state index contributed by atoms with van der Waals surface area (Å²) in [6.07, 6.45) is 3.83. The summed E-state index contributed by atoms with van der Waals surface area (Å²) in [5.41, 5.74) is 5.70. The zero-order valence-corrected chi connectivity index (χ0v) is 12.0. The van der Waals surface area contributed by atoms with Crippen LogP contribution in [0.1, 0.15) is 32.4 Å². The number of primary amides is 1. The van der Waals surface area contributed by atoms with E-state index in [1.54, 1.807) is 4.68 Å². The van der Waals surface area contributed by atoms with Gasteiger partial charge in [-0.15, -0.1) is 5.10 Å². The van der Waals surface area contributed by atoms with Crippen LogP contribution in [0.3, 0.4) is 0 Å². The van der Waals surface area contributed by atoms with Crippen molar-refractivity contribution in [2.75, 3.05) is 13.1 Å². The Kier molecular flexibility index (Phi) is 3.25. The fraction of sp³-hybridized carbons (Fsp3) is 0.769. The molecule has 3 rings (SSSR count). The van der Waals surface area contributed by atoms with Gasteiger partial charge >= 0.3 is 0 Å². The summed E-state index contributed by atoms with van der Waals surface area (Å²) in [5.74, 6) is -0.317. The quantitative estimate of drug-likeness (QED) is 0.829. The first-order valence-electron chi connectivity index (χ1n) is 7.09. The van der Waals surface area contributed by atoms with Crippen LogP contribution in [0.5, 0.6) is 0 Å². The number of nitrogens with two attached hydrogens (primary N) is 1. The predicted molar refractivity (Wildman–Crippen MR) is 71.7 cm³/mol. The molecule has 1 aromatic rings. The van der Waals surface area contributed by atoms with Gasteiger partial charge in [0.1, 0.15) is 5.54 Å². The molecule has 1 aliphatic heterocycles. The summed E-state index contributed by atoms with van der Waals surface area (Å²) in [6.45, 7) is 6.65. The zero-order chi connectivity index (χ0) is 14.3. The Morgan fingerprint density at radius 1 is 1.45 bits per heavy atom. The van der Waals surface area contributed by atoms with E-state index in [0.29, 0.717) is 0 Å². The second kappa shape index (κ2) is 4.82. The van der Waals surface area contributed by atoms with Crippen LogP contribution >= 0.6 is 0 Å². The van der Waals surface area contributed by atoms with Gasteiger partial charge in [0.2, 0.25) is 5.91 Å². The molecule has 2 aliphatic rings.